The molecule has 0 radical (unpaired) electrons. The quantitative estimate of drug-likeness (QED) is 0.129. The molecule has 12 heteroatoms. The van der Waals surface area contributed by atoms with Crippen molar-refractivity contribution in [3.05, 3.63) is 85.1 Å². The molecule has 0 aliphatic heterocycles. The molecule has 0 saturated carbocycles. The van der Waals surface area contributed by atoms with Crippen LogP contribution in [0.2, 0.25) is 10.0 Å². The summed E-state index contributed by atoms with van der Waals surface area (Å²) in [7, 11) is 0. The Balaban J connectivity index is 1.84. The Hall–Kier alpha value is -2.92. The summed E-state index contributed by atoms with van der Waals surface area (Å²) in [5.41, 5.74) is 2.53. The van der Waals surface area contributed by atoms with Crippen molar-refractivity contribution in [3.63, 3.8) is 0 Å². The van der Waals surface area contributed by atoms with Crippen LogP contribution in [0, 0.1) is 17.0 Å². The van der Waals surface area contributed by atoms with E-state index in [2.05, 4.69) is 12.0 Å². The molecule has 0 spiro atoms. The standard InChI is InChI=1S/C24H20Cl2N4O4S2/c1-3-10-35-23-20(15-8-9-17(25)18(26)12-15)27-24(36-23)29-21(22(31)32)16(13(2)28-29)11-14-6-4-5-7-19(14)30(33)34/h4-9,12H,3,10-11H2,1-2H3,(H,31,32). The van der Waals surface area contributed by atoms with Gasteiger partial charge in [0.2, 0.25) is 5.13 Å². The zero-order valence-corrected chi connectivity index (χ0v) is 22.3. The Kier molecular flexibility index (Phi) is 7.99. The fraction of sp³-hybridized carbons (Fsp3) is 0.208. The molecule has 0 atom stereocenters. The maximum Gasteiger partial charge on any atom is 0.355 e. The number of aromatic nitrogens is 3. The SMILES string of the molecule is CCCSc1sc(-n2nc(C)c(Cc3ccccc3[N+](=O)[O-])c2C(=O)O)nc1-c1ccc(Cl)c(Cl)c1. The number of para-hydroxylation sites is 1. The molecule has 0 bridgehead atoms. The summed E-state index contributed by atoms with van der Waals surface area (Å²) < 4.78 is 2.21. The first-order chi connectivity index (χ1) is 17.2. The zero-order valence-electron chi connectivity index (χ0n) is 19.2. The number of hydrogen-bond donors (Lipinski definition) is 1. The number of nitro benzene ring substituents is 1. The van der Waals surface area contributed by atoms with Crippen LogP contribution in [0.25, 0.3) is 16.4 Å². The van der Waals surface area contributed by atoms with Gasteiger partial charge in [-0.2, -0.15) is 9.78 Å². The molecule has 0 saturated heterocycles. The van der Waals surface area contributed by atoms with E-state index in [4.69, 9.17) is 28.2 Å². The third kappa shape index (κ3) is 5.27. The van der Waals surface area contributed by atoms with Gasteiger partial charge in [-0.1, -0.05) is 65.7 Å². The van der Waals surface area contributed by atoms with Gasteiger partial charge in [-0.3, -0.25) is 10.1 Å². The number of nitrogens with zero attached hydrogens (tertiary/aromatic N) is 4. The molecule has 0 amide bonds. The summed E-state index contributed by atoms with van der Waals surface area (Å²) in [5.74, 6) is -0.346. The molecule has 2 aromatic heterocycles. The van der Waals surface area contributed by atoms with Gasteiger partial charge in [0.15, 0.2) is 5.69 Å². The second kappa shape index (κ2) is 11.0. The lowest BCUT2D eigenvalue weighted by Gasteiger charge is -2.05. The molecule has 2 aromatic carbocycles. The van der Waals surface area contributed by atoms with Crippen LogP contribution in [0.1, 0.15) is 40.7 Å². The number of rotatable bonds is 9. The highest BCUT2D eigenvalue weighted by Gasteiger charge is 2.27. The maximum absolute atomic E-state index is 12.4. The molecule has 1 N–H and O–H groups in total. The predicted molar refractivity (Wildman–Crippen MR) is 143 cm³/mol. The van der Waals surface area contributed by atoms with Crippen LogP contribution < -0.4 is 0 Å². The van der Waals surface area contributed by atoms with Crippen LogP contribution in [0.5, 0.6) is 0 Å². The first-order valence-corrected chi connectivity index (χ1v) is 13.4. The van der Waals surface area contributed by atoms with E-state index in [-0.39, 0.29) is 17.8 Å². The summed E-state index contributed by atoms with van der Waals surface area (Å²) in [6, 6.07) is 11.5. The first kappa shape index (κ1) is 26.2. The number of halogens is 2. The Morgan fingerprint density at radius 3 is 2.64 bits per heavy atom. The van der Waals surface area contributed by atoms with Gasteiger partial charge in [-0.25, -0.2) is 9.78 Å². The molecular weight excluding hydrogens is 543 g/mol. The van der Waals surface area contributed by atoms with E-state index in [9.17, 15) is 20.0 Å². The first-order valence-electron chi connectivity index (χ1n) is 10.8. The second-order valence-electron chi connectivity index (χ2n) is 7.80. The number of aryl methyl sites for hydroxylation is 1. The van der Waals surface area contributed by atoms with Crippen molar-refractivity contribution in [2.75, 3.05) is 5.75 Å². The van der Waals surface area contributed by atoms with Crippen LogP contribution in [-0.4, -0.2) is 36.5 Å². The molecule has 2 heterocycles. The summed E-state index contributed by atoms with van der Waals surface area (Å²) >= 11 is 15.3. The molecule has 0 aliphatic rings. The number of thioether (sulfide) groups is 1. The minimum atomic E-state index is -1.20. The molecule has 186 valence electrons. The number of carboxylic acid groups (broad SMARTS) is 1. The third-order valence-electron chi connectivity index (χ3n) is 5.34. The molecular formula is C24H20Cl2N4O4S2. The summed E-state index contributed by atoms with van der Waals surface area (Å²) in [4.78, 5) is 28.2. The van der Waals surface area contributed by atoms with Crippen molar-refractivity contribution in [1.82, 2.24) is 14.8 Å². The van der Waals surface area contributed by atoms with E-state index in [0.717, 1.165) is 21.9 Å². The average molecular weight is 563 g/mol. The highest BCUT2D eigenvalue weighted by atomic mass is 35.5. The van der Waals surface area contributed by atoms with E-state index in [1.54, 1.807) is 49.0 Å². The second-order valence-corrected chi connectivity index (χ2v) is 11.0. The zero-order chi connectivity index (χ0) is 26.0. The molecule has 4 aromatic rings. The number of thiazole rings is 1. The van der Waals surface area contributed by atoms with E-state index in [0.29, 0.717) is 37.7 Å². The molecule has 8 nitrogen and oxygen atoms in total. The topological polar surface area (TPSA) is 111 Å². The van der Waals surface area contributed by atoms with Gasteiger partial charge < -0.3 is 5.11 Å². The normalized spacial score (nSPS) is 11.1. The number of nitro groups is 1. The van der Waals surface area contributed by atoms with Gasteiger partial charge in [0.25, 0.3) is 5.69 Å². The summed E-state index contributed by atoms with van der Waals surface area (Å²) in [6.45, 7) is 3.76. The molecule has 36 heavy (non-hydrogen) atoms. The van der Waals surface area contributed by atoms with Crippen LogP contribution in [0.4, 0.5) is 5.69 Å². The lowest BCUT2D eigenvalue weighted by Crippen LogP contribution is -2.10. The van der Waals surface area contributed by atoms with Crippen molar-refractivity contribution < 1.29 is 14.8 Å². The van der Waals surface area contributed by atoms with Crippen molar-refractivity contribution >= 4 is 58.0 Å². The van der Waals surface area contributed by atoms with Gasteiger partial charge >= 0.3 is 5.97 Å². The van der Waals surface area contributed by atoms with Gasteiger partial charge in [0.05, 0.1) is 30.6 Å². The number of hydrogen-bond acceptors (Lipinski definition) is 7. The smallest absolute Gasteiger partial charge is 0.355 e. The number of carbonyl (C=O) groups is 1. The molecule has 4 rings (SSSR count). The highest BCUT2D eigenvalue weighted by molar-refractivity contribution is 8.01. The van der Waals surface area contributed by atoms with Crippen molar-refractivity contribution in [2.24, 2.45) is 0 Å². The Morgan fingerprint density at radius 2 is 1.97 bits per heavy atom. The fourth-order valence-corrected chi connectivity index (χ4v) is 6.14. The van der Waals surface area contributed by atoms with Crippen LogP contribution in [-0.2, 0) is 6.42 Å². The van der Waals surface area contributed by atoms with Gasteiger partial charge in [0.1, 0.15) is 0 Å². The van der Waals surface area contributed by atoms with Gasteiger partial charge in [0, 0.05) is 29.2 Å². The Labute approximate surface area is 225 Å². The summed E-state index contributed by atoms with van der Waals surface area (Å²) in [6.07, 6.45) is 0.993. The van der Waals surface area contributed by atoms with Gasteiger partial charge in [-0.15, -0.1) is 11.8 Å². The lowest BCUT2D eigenvalue weighted by molar-refractivity contribution is -0.385. The van der Waals surface area contributed by atoms with Crippen LogP contribution in [0.15, 0.2) is 46.7 Å². The van der Waals surface area contributed by atoms with Crippen LogP contribution >= 0.6 is 46.3 Å². The fourth-order valence-electron chi connectivity index (χ4n) is 3.66. The average Bonchev–Trinajstić information content (AvgIpc) is 3.41. The summed E-state index contributed by atoms with van der Waals surface area (Å²) in [5, 5.41) is 27.3. The van der Waals surface area contributed by atoms with E-state index in [1.165, 1.54) is 22.1 Å². The third-order valence-corrected chi connectivity index (χ3v) is 8.57. The molecule has 0 fully saturated rings. The van der Waals surface area contributed by atoms with Crippen molar-refractivity contribution in [2.45, 2.75) is 30.9 Å². The number of aromatic carboxylic acids is 1. The number of benzene rings is 2. The monoisotopic (exact) mass is 562 g/mol. The Morgan fingerprint density at radius 1 is 1.22 bits per heavy atom. The predicted octanol–water partition coefficient (Wildman–Crippen LogP) is 7.31. The number of carboxylic acids is 1. The Bertz CT molecular complexity index is 1470. The highest BCUT2D eigenvalue weighted by Crippen LogP contribution is 2.40. The van der Waals surface area contributed by atoms with Crippen molar-refractivity contribution in [3.8, 4) is 16.4 Å². The molecule has 0 aliphatic carbocycles. The minimum Gasteiger partial charge on any atom is -0.476 e. The molecule has 0 unspecified atom stereocenters. The van der Waals surface area contributed by atoms with Gasteiger partial charge in [-0.05, 0) is 31.2 Å². The van der Waals surface area contributed by atoms with Crippen LogP contribution in [0.3, 0.4) is 0 Å². The maximum atomic E-state index is 12.4. The lowest BCUT2D eigenvalue weighted by atomic mass is 10.0. The van der Waals surface area contributed by atoms with E-state index < -0.39 is 10.9 Å². The largest absolute Gasteiger partial charge is 0.476 e. The van der Waals surface area contributed by atoms with E-state index >= 15 is 0 Å². The van der Waals surface area contributed by atoms with E-state index in [1.807, 2.05) is 6.07 Å². The minimum absolute atomic E-state index is 0.0487. The van der Waals surface area contributed by atoms with Crippen molar-refractivity contribution in [1.29, 1.82) is 0 Å².